The fourth-order valence-electron chi connectivity index (χ4n) is 2.43. The highest BCUT2D eigenvalue weighted by Crippen LogP contribution is 2.32. The van der Waals surface area contributed by atoms with Crippen molar-refractivity contribution in [3.8, 4) is 5.75 Å². The van der Waals surface area contributed by atoms with E-state index < -0.39 is 18.0 Å². The molecular formula is C14H15F3O3. The lowest BCUT2D eigenvalue weighted by Gasteiger charge is -2.18. The zero-order valence-corrected chi connectivity index (χ0v) is 10.9. The molecule has 3 nitrogen and oxygen atoms in total. The molecule has 1 aromatic rings. The second kappa shape index (κ2) is 5.83. The van der Waals surface area contributed by atoms with Gasteiger partial charge in [0.05, 0.1) is 17.6 Å². The maximum atomic E-state index is 12.4. The molecule has 2 atom stereocenters. The van der Waals surface area contributed by atoms with Gasteiger partial charge in [-0.05, 0) is 25.0 Å². The number of carbonyl (C=O) groups is 1. The van der Waals surface area contributed by atoms with E-state index in [4.69, 9.17) is 4.74 Å². The average Bonchev–Trinajstić information content (AvgIpc) is 2.85. The maximum Gasteiger partial charge on any atom is 0.573 e. The van der Waals surface area contributed by atoms with Crippen LogP contribution < -0.4 is 4.74 Å². The van der Waals surface area contributed by atoms with Crippen molar-refractivity contribution in [2.75, 3.05) is 6.61 Å². The molecule has 0 radical (unpaired) electrons. The Morgan fingerprint density at radius 2 is 2.10 bits per heavy atom. The van der Waals surface area contributed by atoms with Gasteiger partial charge in [-0.25, -0.2) is 0 Å². The predicted octanol–water partition coefficient (Wildman–Crippen LogP) is 3.58. The van der Waals surface area contributed by atoms with E-state index >= 15 is 0 Å². The normalized spacial score (nSPS) is 22.8. The van der Waals surface area contributed by atoms with Crippen molar-refractivity contribution in [2.24, 2.45) is 5.92 Å². The van der Waals surface area contributed by atoms with Crippen molar-refractivity contribution in [3.05, 3.63) is 29.8 Å². The summed E-state index contributed by atoms with van der Waals surface area (Å²) in [7, 11) is 0. The Kier molecular flexibility index (Phi) is 4.32. The summed E-state index contributed by atoms with van der Waals surface area (Å²) in [5.74, 6) is -1.21. The Labute approximate surface area is 114 Å². The lowest BCUT2D eigenvalue weighted by Crippen LogP contribution is -2.25. The van der Waals surface area contributed by atoms with Gasteiger partial charge in [-0.2, -0.15) is 0 Å². The van der Waals surface area contributed by atoms with Crippen molar-refractivity contribution >= 4 is 5.78 Å². The smallest absolute Gasteiger partial charge is 0.405 e. The van der Waals surface area contributed by atoms with Gasteiger partial charge in [0.2, 0.25) is 0 Å². The van der Waals surface area contributed by atoms with E-state index in [0.717, 1.165) is 6.07 Å². The molecule has 0 aliphatic carbocycles. The summed E-state index contributed by atoms with van der Waals surface area (Å²) in [5, 5.41) is 0. The molecule has 1 aromatic carbocycles. The molecule has 1 fully saturated rings. The van der Waals surface area contributed by atoms with Crippen LogP contribution in [0.3, 0.4) is 0 Å². The van der Waals surface area contributed by atoms with Gasteiger partial charge in [-0.3, -0.25) is 4.79 Å². The van der Waals surface area contributed by atoms with Crippen molar-refractivity contribution in [1.82, 2.24) is 0 Å². The average molecular weight is 288 g/mol. The molecule has 0 bridgehead atoms. The molecule has 2 unspecified atom stereocenters. The summed E-state index contributed by atoms with van der Waals surface area (Å²) >= 11 is 0. The Morgan fingerprint density at radius 1 is 1.40 bits per heavy atom. The number of ether oxygens (including phenoxy) is 2. The summed E-state index contributed by atoms with van der Waals surface area (Å²) in [6.07, 6.45) is -3.87. The fraction of sp³-hybridized carbons (Fsp3) is 0.500. The molecule has 1 aliphatic rings. The number of alkyl halides is 3. The molecule has 0 saturated carbocycles. The third-order valence-corrected chi connectivity index (χ3v) is 3.33. The number of carbonyl (C=O) groups excluding carboxylic acids is 1. The van der Waals surface area contributed by atoms with Crippen LogP contribution in [-0.2, 0) is 4.74 Å². The quantitative estimate of drug-likeness (QED) is 0.794. The number of halogens is 3. The van der Waals surface area contributed by atoms with E-state index in [1.54, 1.807) is 0 Å². The summed E-state index contributed by atoms with van der Waals surface area (Å²) in [6.45, 7) is 2.34. The molecule has 1 aliphatic heterocycles. The van der Waals surface area contributed by atoms with E-state index in [1.165, 1.54) is 18.2 Å². The van der Waals surface area contributed by atoms with Crippen LogP contribution >= 0.6 is 0 Å². The second-order valence-electron chi connectivity index (χ2n) is 4.62. The van der Waals surface area contributed by atoms with Crippen LogP contribution in [0.4, 0.5) is 13.2 Å². The molecule has 110 valence electrons. The van der Waals surface area contributed by atoms with Crippen LogP contribution in [0.15, 0.2) is 24.3 Å². The molecule has 20 heavy (non-hydrogen) atoms. The lowest BCUT2D eigenvalue weighted by molar-refractivity contribution is -0.274. The second-order valence-corrected chi connectivity index (χ2v) is 4.62. The minimum absolute atomic E-state index is 0.0428. The van der Waals surface area contributed by atoms with Gasteiger partial charge in [0, 0.05) is 6.61 Å². The third-order valence-electron chi connectivity index (χ3n) is 3.33. The number of hydrogen-bond acceptors (Lipinski definition) is 3. The Morgan fingerprint density at radius 3 is 2.75 bits per heavy atom. The number of benzene rings is 1. The van der Waals surface area contributed by atoms with E-state index in [-0.39, 0.29) is 17.5 Å². The third kappa shape index (κ3) is 3.30. The SMILES string of the molecule is CCC1OCCC1C(=O)c1ccccc1OC(F)(F)F. The van der Waals surface area contributed by atoms with E-state index in [0.29, 0.717) is 19.4 Å². The highest BCUT2D eigenvalue weighted by atomic mass is 19.4. The first-order valence-electron chi connectivity index (χ1n) is 6.43. The fourth-order valence-corrected chi connectivity index (χ4v) is 2.43. The number of hydrogen-bond donors (Lipinski definition) is 0. The lowest BCUT2D eigenvalue weighted by atomic mass is 9.90. The van der Waals surface area contributed by atoms with Crippen LogP contribution in [0, 0.1) is 5.92 Å². The highest BCUT2D eigenvalue weighted by molar-refractivity contribution is 6.00. The summed E-state index contributed by atoms with van der Waals surface area (Å²) in [6, 6.07) is 5.43. The monoisotopic (exact) mass is 288 g/mol. The largest absolute Gasteiger partial charge is 0.573 e. The zero-order chi connectivity index (χ0) is 14.8. The van der Waals surface area contributed by atoms with Gasteiger partial charge < -0.3 is 9.47 Å². The Hall–Kier alpha value is -1.56. The molecule has 0 spiro atoms. The maximum absolute atomic E-state index is 12.4. The molecule has 2 rings (SSSR count). The van der Waals surface area contributed by atoms with Crippen LogP contribution in [0.5, 0.6) is 5.75 Å². The van der Waals surface area contributed by atoms with Crippen molar-refractivity contribution < 1.29 is 27.4 Å². The first-order chi connectivity index (χ1) is 9.42. The Bertz CT molecular complexity index is 485. The van der Waals surface area contributed by atoms with Crippen LogP contribution in [0.25, 0.3) is 0 Å². The van der Waals surface area contributed by atoms with Gasteiger partial charge in [0.15, 0.2) is 5.78 Å². The van der Waals surface area contributed by atoms with E-state index in [9.17, 15) is 18.0 Å². The van der Waals surface area contributed by atoms with Gasteiger partial charge in [0.1, 0.15) is 5.75 Å². The predicted molar refractivity (Wildman–Crippen MR) is 65.6 cm³/mol. The zero-order valence-electron chi connectivity index (χ0n) is 10.9. The molecular weight excluding hydrogens is 273 g/mol. The minimum atomic E-state index is -4.81. The van der Waals surface area contributed by atoms with E-state index in [2.05, 4.69) is 4.74 Å². The first kappa shape index (κ1) is 14.8. The molecule has 1 heterocycles. The molecule has 1 saturated heterocycles. The standard InChI is InChI=1S/C14H15F3O3/c1-2-11-10(7-8-19-11)13(18)9-5-3-4-6-12(9)20-14(15,16)17/h3-6,10-11H,2,7-8H2,1H3. The summed E-state index contributed by atoms with van der Waals surface area (Å²) < 4.78 is 46.4. The number of ketones is 1. The molecule has 0 N–H and O–H groups in total. The number of para-hydroxylation sites is 1. The topological polar surface area (TPSA) is 35.5 Å². The van der Waals surface area contributed by atoms with Crippen molar-refractivity contribution in [1.29, 1.82) is 0 Å². The van der Waals surface area contributed by atoms with Gasteiger partial charge >= 0.3 is 6.36 Å². The van der Waals surface area contributed by atoms with Gasteiger partial charge in [0.25, 0.3) is 0 Å². The van der Waals surface area contributed by atoms with Crippen LogP contribution in [0.1, 0.15) is 30.1 Å². The minimum Gasteiger partial charge on any atom is -0.405 e. The van der Waals surface area contributed by atoms with Crippen molar-refractivity contribution in [3.63, 3.8) is 0 Å². The van der Waals surface area contributed by atoms with E-state index in [1.807, 2.05) is 6.92 Å². The molecule has 0 aromatic heterocycles. The number of rotatable bonds is 4. The number of Topliss-reactive ketones (excluding diaryl/α,β-unsaturated/α-hetero) is 1. The highest BCUT2D eigenvalue weighted by Gasteiger charge is 2.37. The molecule has 6 heteroatoms. The van der Waals surface area contributed by atoms with Crippen LogP contribution in [-0.4, -0.2) is 24.9 Å². The summed E-state index contributed by atoms with van der Waals surface area (Å²) in [5.41, 5.74) is -0.0428. The van der Waals surface area contributed by atoms with Crippen LogP contribution in [0.2, 0.25) is 0 Å². The van der Waals surface area contributed by atoms with Gasteiger partial charge in [-0.15, -0.1) is 13.2 Å². The first-order valence-corrected chi connectivity index (χ1v) is 6.43. The molecule has 0 amide bonds. The van der Waals surface area contributed by atoms with Crippen molar-refractivity contribution in [2.45, 2.75) is 32.2 Å². The van der Waals surface area contributed by atoms with Gasteiger partial charge in [-0.1, -0.05) is 19.1 Å². The summed E-state index contributed by atoms with van der Waals surface area (Å²) in [4.78, 5) is 12.4. The Balaban J connectivity index is 2.26.